The van der Waals surface area contributed by atoms with Crippen LogP contribution in [0.3, 0.4) is 0 Å². The van der Waals surface area contributed by atoms with Gasteiger partial charge in [0.05, 0.1) is 18.2 Å². The molecule has 35 heavy (non-hydrogen) atoms. The van der Waals surface area contributed by atoms with Gasteiger partial charge in [-0.3, -0.25) is 14.6 Å². The Labute approximate surface area is 213 Å². The van der Waals surface area contributed by atoms with E-state index in [0.29, 0.717) is 34.4 Å². The monoisotopic (exact) mass is 510 g/mol. The molecule has 0 radical (unpaired) electrons. The molecule has 2 heterocycles. The Balaban J connectivity index is 1.79. The number of carbonyl (C=O) groups excluding carboxylic acids is 2. The molecule has 0 bridgehead atoms. The lowest BCUT2D eigenvalue weighted by molar-refractivity contribution is -0.140. The van der Waals surface area contributed by atoms with Gasteiger partial charge in [0.15, 0.2) is 0 Å². The number of rotatable bonds is 7. The zero-order chi connectivity index (χ0) is 25.1. The van der Waals surface area contributed by atoms with E-state index < -0.39 is 17.7 Å². The summed E-state index contributed by atoms with van der Waals surface area (Å²) in [4.78, 5) is 31.8. The van der Waals surface area contributed by atoms with Crippen molar-refractivity contribution in [3.63, 3.8) is 0 Å². The maximum absolute atomic E-state index is 13.2. The van der Waals surface area contributed by atoms with E-state index in [4.69, 9.17) is 27.9 Å². The van der Waals surface area contributed by atoms with E-state index in [2.05, 4.69) is 4.98 Å². The number of halogens is 2. The average molecular weight is 511 g/mol. The van der Waals surface area contributed by atoms with Crippen LogP contribution >= 0.6 is 23.2 Å². The Morgan fingerprint density at radius 3 is 2.49 bits per heavy atom. The van der Waals surface area contributed by atoms with E-state index in [1.54, 1.807) is 60.9 Å². The summed E-state index contributed by atoms with van der Waals surface area (Å²) in [6, 6.07) is 14.2. The quantitative estimate of drug-likeness (QED) is 0.238. The summed E-state index contributed by atoms with van der Waals surface area (Å²) in [5, 5.41) is 11.9. The molecule has 1 atom stereocenters. The molecule has 8 heteroatoms. The highest BCUT2D eigenvalue weighted by atomic mass is 35.5. The van der Waals surface area contributed by atoms with Gasteiger partial charge in [-0.15, -0.1) is 0 Å². The zero-order valence-corrected chi connectivity index (χ0v) is 20.8. The summed E-state index contributed by atoms with van der Waals surface area (Å²) in [7, 11) is 0. The van der Waals surface area contributed by atoms with Crippen LogP contribution in [0.15, 0.2) is 72.6 Å². The fourth-order valence-corrected chi connectivity index (χ4v) is 4.42. The number of aliphatic hydroxyl groups is 1. The van der Waals surface area contributed by atoms with Crippen molar-refractivity contribution >= 4 is 40.7 Å². The highest BCUT2D eigenvalue weighted by Crippen LogP contribution is 2.43. The predicted octanol–water partition coefficient (Wildman–Crippen LogP) is 6.05. The zero-order valence-electron chi connectivity index (χ0n) is 19.2. The summed E-state index contributed by atoms with van der Waals surface area (Å²) < 4.78 is 5.70. The van der Waals surface area contributed by atoms with Crippen LogP contribution in [0.1, 0.15) is 36.6 Å². The van der Waals surface area contributed by atoms with Gasteiger partial charge in [0.25, 0.3) is 11.7 Å². The van der Waals surface area contributed by atoms with Gasteiger partial charge >= 0.3 is 0 Å². The Morgan fingerprint density at radius 1 is 1.11 bits per heavy atom. The first-order chi connectivity index (χ1) is 16.8. The second kappa shape index (κ2) is 10.5. The summed E-state index contributed by atoms with van der Waals surface area (Å²) in [6.45, 7) is 4.76. The number of amides is 1. The number of nitrogens with zero attached hydrogens (tertiary/aromatic N) is 2. The molecule has 0 aliphatic carbocycles. The van der Waals surface area contributed by atoms with Crippen LogP contribution in [-0.4, -0.2) is 33.3 Å². The molecule has 4 rings (SSSR count). The number of carbonyl (C=O) groups is 2. The van der Waals surface area contributed by atoms with Gasteiger partial charge in [-0.25, -0.2) is 0 Å². The molecule has 1 aliphatic heterocycles. The largest absolute Gasteiger partial charge is 0.507 e. The molecule has 1 unspecified atom stereocenters. The van der Waals surface area contributed by atoms with Crippen molar-refractivity contribution in [3.05, 3.63) is 99.3 Å². The van der Waals surface area contributed by atoms with Crippen LogP contribution in [0.4, 0.5) is 0 Å². The van der Waals surface area contributed by atoms with E-state index in [9.17, 15) is 14.7 Å². The number of aliphatic hydroxyl groups excluding tert-OH is 1. The maximum atomic E-state index is 13.2. The van der Waals surface area contributed by atoms with Crippen LogP contribution in [0.5, 0.6) is 5.75 Å². The highest BCUT2D eigenvalue weighted by Gasteiger charge is 2.46. The van der Waals surface area contributed by atoms with E-state index in [1.807, 2.05) is 19.9 Å². The van der Waals surface area contributed by atoms with Crippen LogP contribution in [0.2, 0.25) is 10.0 Å². The smallest absolute Gasteiger partial charge is 0.295 e. The lowest BCUT2D eigenvalue weighted by Crippen LogP contribution is -2.29. The van der Waals surface area contributed by atoms with Gasteiger partial charge in [-0.2, -0.15) is 0 Å². The van der Waals surface area contributed by atoms with Crippen molar-refractivity contribution in [2.45, 2.75) is 26.4 Å². The van der Waals surface area contributed by atoms with Gasteiger partial charge in [-0.05, 0) is 59.5 Å². The molecule has 1 aromatic heterocycles. The van der Waals surface area contributed by atoms with Crippen molar-refractivity contribution in [2.75, 3.05) is 6.61 Å². The molecule has 0 spiro atoms. The molecular weight excluding hydrogens is 487 g/mol. The second-order valence-electron chi connectivity index (χ2n) is 8.68. The Bertz CT molecular complexity index is 1270. The average Bonchev–Trinajstić information content (AvgIpc) is 3.08. The SMILES string of the molecule is CC(C)COc1ccc(/C(O)=C2\C(=O)C(=O)N(Cc3cccnc3)C2c2ccc(Cl)cc2Cl)cc1. The van der Waals surface area contributed by atoms with E-state index in [-0.39, 0.29) is 22.9 Å². The van der Waals surface area contributed by atoms with Crippen LogP contribution in [-0.2, 0) is 16.1 Å². The summed E-state index contributed by atoms with van der Waals surface area (Å²) in [5.41, 5.74) is 1.56. The van der Waals surface area contributed by atoms with Crippen molar-refractivity contribution in [3.8, 4) is 5.75 Å². The summed E-state index contributed by atoms with van der Waals surface area (Å²) in [6.07, 6.45) is 3.25. The van der Waals surface area contributed by atoms with Gasteiger partial charge in [0.1, 0.15) is 11.5 Å². The number of ether oxygens (including phenoxy) is 1. The number of aromatic nitrogens is 1. The minimum atomic E-state index is -0.906. The molecule has 6 nitrogen and oxygen atoms in total. The topological polar surface area (TPSA) is 79.7 Å². The third-order valence-electron chi connectivity index (χ3n) is 5.58. The maximum Gasteiger partial charge on any atom is 0.295 e. The summed E-state index contributed by atoms with van der Waals surface area (Å²) >= 11 is 12.6. The van der Waals surface area contributed by atoms with Crippen LogP contribution < -0.4 is 4.74 Å². The molecule has 0 saturated carbocycles. The molecule has 1 N–H and O–H groups in total. The minimum Gasteiger partial charge on any atom is -0.507 e. The number of Topliss-reactive ketones (excluding diaryl/α,β-unsaturated/α-hetero) is 1. The fraction of sp³-hybridized carbons (Fsp3) is 0.222. The molecule has 1 aliphatic rings. The van der Waals surface area contributed by atoms with E-state index >= 15 is 0 Å². The number of ketones is 1. The summed E-state index contributed by atoms with van der Waals surface area (Å²) in [5.74, 6) is -0.804. The molecule has 1 saturated heterocycles. The number of hydrogen-bond acceptors (Lipinski definition) is 5. The number of likely N-dealkylation sites (tertiary alicyclic amines) is 1. The Kier molecular flexibility index (Phi) is 7.43. The number of hydrogen-bond donors (Lipinski definition) is 1. The third kappa shape index (κ3) is 5.34. The highest BCUT2D eigenvalue weighted by molar-refractivity contribution is 6.47. The first kappa shape index (κ1) is 24.8. The van der Waals surface area contributed by atoms with Gasteiger partial charge in [0, 0.05) is 34.5 Å². The van der Waals surface area contributed by atoms with E-state index in [0.717, 1.165) is 5.56 Å². The van der Waals surface area contributed by atoms with E-state index in [1.165, 1.54) is 4.90 Å². The minimum absolute atomic E-state index is 0.0426. The molecule has 2 aromatic carbocycles. The second-order valence-corrected chi connectivity index (χ2v) is 9.53. The normalized spacial score (nSPS) is 17.3. The predicted molar refractivity (Wildman–Crippen MR) is 135 cm³/mol. The van der Waals surface area contributed by atoms with Gasteiger partial charge in [0.2, 0.25) is 0 Å². The van der Waals surface area contributed by atoms with Crippen molar-refractivity contribution in [2.24, 2.45) is 5.92 Å². The van der Waals surface area contributed by atoms with Crippen molar-refractivity contribution in [1.82, 2.24) is 9.88 Å². The van der Waals surface area contributed by atoms with Crippen LogP contribution in [0, 0.1) is 5.92 Å². The Morgan fingerprint density at radius 2 is 1.86 bits per heavy atom. The molecule has 1 fully saturated rings. The molecule has 180 valence electrons. The van der Waals surface area contributed by atoms with Gasteiger partial charge < -0.3 is 14.7 Å². The van der Waals surface area contributed by atoms with Crippen molar-refractivity contribution < 1.29 is 19.4 Å². The number of pyridine rings is 1. The molecule has 3 aromatic rings. The lowest BCUT2D eigenvalue weighted by atomic mass is 9.95. The first-order valence-electron chi connectivity index (χ1n) is 11.1. The lowest BCUT2D eigenvalue weighted by Gasteiger charge is -2.26. The fourth-order valence-electron chi connectivity index (χ4n) is 3.91. The molecular formula is C27H24Cl2N2O4. The van der Waals surface area contributed by atoms with Crippen LogP contribution in [0.25, 0.3) is 5.76 Å². The first-order valence-corrected chi connectivity index (χ1v) is 11.9. The standard InChI is InChI=1S/C27H24Cl2N2O4/c1-16(2)15-35-20-8-5-18(6-9-20)25(32)23-24(21-10-7-19(28)12-22(21)29)31(27(34)26(23)33)14-17-4-3-11-30-13-17/h3-13,16,24,32H,14-15H2,1-2H3/b25-23+. The Hall–Kier alpha value is -3.35. The van der Waals surface area contributed by atoms with Crippen molar-refractivity contribution in [1.29, 1.82) is 0 Å². The molecule has 1 amide bonds. The van der Waals surface area contributed by atoms with Gasteiger partial charge in [-0.1, -0.05) is 49.2 Å². The third-order valence-corrected chi connectivity index (χ3v) is 6.15. The number of benzene rings is 2.